The number of nitrogens with zero attached hydrogens (tertiary/aromatic N) is 2. The van der Waals surface area contributed by atoms with Gasteiger partial charge in [-0.25, -0.2) is 4.98 Å². The second-order valence-electron chi connectivity index (χ2n) is 11.9. The van der Waals surface area contributed by atoms with E-state index in [0.717, 1.165) is 35.3 Å². The molecule has 0 spiro atoms. The number of benzene rings is 2. The quantitative estimate of drug-likeness (QED) is 0.165. The molecular weight excluding hydrogens is 574 g/mol. The van der Waals surface area contributed by atoms with Gasteiger partial charge >= 0.3 is 5.97 Å². The van der Waals surface area contributed by atoms with E-state index in [-0.39, 0.29) is 37.0 Å². The van der Waals surface area contributed by atoms with Crippen molar-refractivity contribution < 1.29 is 28.7 Å². The van der Waals surface area contributed by atoms with E-state index >= 15 is 0 Å². The van der Waals surface area contributed by atoms with E-state index in [2.05, 4.69) is 20.5 Å². The van der Waals surface area contributed by atoms with Crippen LogP contribution in [-0.4, -0.2) is 50.4 Å². The predicted molar refractivity (Wildman–Crippen MR) is 170 cm³/mol. The second-order valence-corrected chi connectivity index (χ2v) is 11.9. The molecule has 2 aromatic heterocycles. The second kappa shape index (κ2) is 14.2. The number of furan rings is 1. The van der Waals surface area contributed by atoms with Crippen LogP contribution in [0.25, 0.3) is 22.4 Å². The number of rotatable bonds is 12. The van der Waals surface area contributed by atoms with E-state index in [0.29, 0.717) is 22.9 Å². The van der Waals surface area contributed by atoms with Gasteiger partial charge in [-0.05, 0) is 68.7 Å². The maximum absolute atomic E-state index is 13.1. The average molecular weight is 614 g/mol. The Morgan fingerprint density at radius 1 is 0.933 bits per heavy atom. The lowest BCUT2D eigenvalue weighted by Gasteiger charge is -2.25. The van der Waals surface area contributed by atoms with Gasteiger partial charge in [0.05, 0.1) is 29.3 Å². The van der Waals surface area contributed by atoms with Gasteiger partial charge in [0.2, 0.25) is 11.8 Å². The number of nitrogens with one attached hydrogen (secondary N) is 3. The molecule has 1 aliphatic rings. The van der Waals surface area contributed by atoms with Crippen LogP contribution in [-0.2, 0) is 20.8 Å². The summed E-state index contributed by atoms with van der Waals surface area (Å²) >= 11 is 0. The van der Waals surface area contributed by atoms with Crippen LogP contribution < -0.4 is 16.0 Å². The van der Waals surface area contributed by atoms with Gasteiger partial charge in [-0.1, -0.05) is 31.4 Å². The van der Waals surface area contributed by atoms with Crippen molar-refractivity contribution in [3.05, 3.63) is 72.2 Å². The third-order valence-electron chi connectivity index (χ3n) is 8.03. The molecule has 0 radical (unpaired) electrons. The number of aromatic nitrogens is 2. The average Bonchev–Trinajstić information content (AvgIpc) is 3.66. The Hall–Kier alpha value is -4.93. The first-order valence-electron chi connectivity index (χ1n) is 15.4. The van der Waals surface area contributed by atoms with Gasteiger partial charge < -0.3 is 30.0 Å². The number of amides is 3. The molecule has 11 nitrogen and oxygen atoms in total. The molecule has 5 rings (SSSR count). The third-order valence-corrected chi connectivity index (χ3v) is 8.03. The first-order valence-corrected chi connectivity index (χ1v) is 15.4. The molecule has 2 atom stereocenters. The fraction of sp³-hybridized carbons (Fsp3) is 0.382. The molecule has 1 saturated carbocycles. The standard InChI is InChI=1S/C34H39N5O6/c1-21(16-31(41)37-26-11-8-23(9-12-26)18-32(42)43)35-30(40)17-22(2)36-34(44)24-10-13-29-28(19-24)38-33(25-14-15-45-20-25)39(29)27-6-4-3-5-7-27/h8-15,19-22,27H,3-7,16-18H2,1-2H3,(H,35,40)(H,36,44)(H,37,41)(H,42,43). The number of anilines is 1. The van der Waals surface area contributed by atoms with Gasteiger partial charge in [0.25, 0.3) is 5.91 Å². The molecule has 4 aromatic rings. The van der Waals surface area contributed by atoms with Crippen LogP contribution in [0.2, 0.25) is 0 Å². The Kier molecular flexibility index (Phi) is 9.96. The zero-order valence-electron chi connectivity index (χ0n) is 25.5. The van der Waals surface area contributed by atoms with E-state index in [1.807, 2.05) is 12.1 Å². The Bertz CT molecular complexity index is 1650. The number of carbonyl (C=O) groups excluding carboxylic acids is 3. The molecule has 4 N–H and O–H groups in total. The molecular formula is C34H39N5O6. The number of carboxylic acids is 1. The fourth-order valence-corrected chi connectivity index (χ4v) is 5.94. The summed E-state index contributed by atoms with van der Waals surface area (Å²) in [5.74, 6) is -0.953. The van der Waals surface area contributed by atoms with Gasteiger partial charge in [0.1, 0.15) is 12.1 Å². The largest absolute Gasteiger partial charge is 0.481 e. The topological polar surface area (TPSA) is 156 Å². The van der Waals surface area contributed by atoms with Crippen LogP contribution in [0.15, 0.2) is 65.5 Å². The van der Waals surface area contributed by atoms with E-state index < -0.39 is 18.1 Å². The van der Waals surface area contributed by atoms with Crippen molar-refractivity contribution in [3.8, 4) is 11.4 Å². The van der Waals surface area contributed by atoms with Crippen LogP contribution in [0.3, 0.4) is 0 Å². The van der Waals surface area contributed by atoms with E-state index in [4.69, 9.17) is 14.5 Å². The minimum atomic E-state index is -0.926. The number of hydrogen-bond donors (Lipinski definition) is 4. The molecule has 236 valence electrons. The Morgan fingerprint density at radius 2 is 1.64 bits per heavy atom. The summed E-state index contributed by atoms with van der Waals surface area (Å²) in [6, 6.07) is 13.5. The lowest BCUT2D eigenvalue weighted by molar-refractivity contribution is -0.136. The van der Waals surface area contributed by atoms with Crippen LogP contribution in [0.5, 0.6) is 0 Å². The lowest BCUT2D eigenvalue weighted by Crippen LogP contribution is -2.40. The van der Waals surface area contributed by atoms with Gasteiger partial charge in [-0.3, -0.25) is 19.2 Å². The number of carbonyl (C=O) groups is 4. The van der Waals surface area contributed by atoms with E-state index in [1.165, 1.54) is 19.3 Å². The number of hydrogen-bond acceptors (Lipinski definition) is 6. The molecule has 0 aliphatic heterocycles. The zero-order chi connectivity index (χ0) is 31.9. The highest BCUT2D eigenvalue weighted by Gasteiger charge is 2.24. The van der Waals surface area contributed by atoms with Crippen molar-refractivity contribution >= 4 is 40.4 Å². The first-order chi connectivity index (χ1) is 21.7. The molecule has 1 fully saturated rings. The minimum Gasteiger partial charge on any atom is -0.481 e. The first kappa shape index (κ1) is 31.5. The highest BCUT2D eigenvalue weighted by Crippen LogP contribution is 2.36. The van der Waals surface area contributed by atoms with Crippen LogP contribution in [0.4, 0.5) is 5.69 Å². The number of fused-ring (bicyclic) bond motifs is 1. The molecule has 3 amide bonds. The monoisotopic (exact) mass is 613 g/mol. The van der Waals surface area contributed by atoms with Crippen molar-refractivity contribution in [3.63, 3.8) is 0 Å². The molecule has 2 aromatic carbocycles. The predicted octanol–water partition coefficient (Wildman–Crippen LogP) is 5.47. The minimum absolute atomic E-state index is 0.0475. The van der Waals surface area contributed by atoms with E-state index in [9.17, 15) is 19.2 Å². The summed E-state index contributed by atoms with van der Waals surface area (Å²) in [4.78, 5) is 54.0. The summed E-state index contributed by atoms with van der Waals surface area (Å²) in [5.41, 5.74) is 4.26. The molecule has 0 saturated heterocycles. The fourth-order valence-electron chi connectivity index (χ4n) is 5.94. The Labute approximate surface area is 261 Å². The Balaban J connectivity index is 1.14. The smallest absolute Gasteiger partial charge is 0.307 e. The molecule has 2 heterocycles. The summed E-state index contributed by atoms with van der Waals surface area (Å²) in [6.07, 6.45) is 9.12. The van der Waals surface area contributed by atoms with Crippen molar-refractivity contribution in [2.45, 2.75) is 83.3 Å². The molecule has 11 heteroatoms. The van der Waals surface area contributed by atoms with Crippen LogP contribution >= 0.6 is 0 Å². The van der Waals surface area contributed by atoms with E-state index in [1.54, 1.807) is 62.8 Å². The number of imidazole rings is 1. The van der Waals surface area contributed by atoms with Gasteiger partial charge in [0.15, 0.2) is 0 Å². The molecule has 1 aliphatic carbocycles. The summed E-state index contributed by atoms with van der Waals surface area (Å²) in [6.45, 7) is 3.49. The summed E-state index contributed by atoms with van der Waals surface area (Å²) in [7, 11) is 0. The van der Waals surface area contributed by atoms with Crippen molar-refractivity contribution in [1.82, 2.24) is 20.2 Å². The number of carboxylic acid groups (broad SMARTS) is 1. The van der Waals surface area contributed by atoms with Crippen molar-refractivity contribution in [2.24, 2.45) is 0 Å². The maximum Gasteiger partial charge on any atom is 0.307 e. The Morgan fingerprint density at radius 3 is 2.33 bits per heavy atom. The highest BCUT2D eigenvalue weighted by atomic mass is 16.4. The van der Waals surface area contributed by atoms with Crippen LogP contribution in [0, 0.1) is 0 Å². The molecule has 45 heavy (non-hydrogen) atoms. The third kappa shape index (κ3) is 8.17. The highest BCUT2D eigenvalue weighted by molar-refractivity contribution is 5.98. The van der Waals surface area contributed by atoms with Crippen molar-refractivity contribution in [1.29, 1.82) is 0 Å². The zero-order valence-corrected chi connectivity index (χ0v) is 25.5. The summed E-state index contributed by atoms with van der Waals surface area (Å²) < 4.78 is 7.62. The normalized spacial score (nSPS) is 14.9. The van der Waals surface area contributed by atoms with Crippen LogP contribution in [0.1, 0.15) is 80.8 Å². The molecule has 0 bridgehead atoms. The molecule has 2 unspecified atom stereocenters. The van der Waals surface area contributed by atoms with Gasteiger partial charge in [-0.15, -0.1) is 0 Å². The summed E-state index contributed by atoms with van der Waals surface area (Å²) in [5, 5.41) is 17.3. The van der Waals surface area contributed by atoms with Crippen molar-refractivity contribution in [2.75, 3.05) is 5.32 Å². The van der Waals surface area contributed by atoms with Gasteiger partial charge in [-0.2, -0.15) is 0 Å². The SMILES string of the molecule is CC(CC(=O)Nc1ccc(CC(=O)O)cc1)NC(=O)CC(C)NC(=O)c1ccc2c(c1)nc(-c1ccoc1)n2C1CCCCC1. The number of aliphatic carboxylic acids is 1. The lowest BCUT2D eigenvalue weighted by atomic mass is 9.95. The maximum atomic E-state index is 13.1. The van der Waals surface area contributed by atoms with Gasteiger partial charge in [0, 0.05) is 42.2 Å².